The third kappa shape index (κ3) is 6.18. The zero-order chi connectivity index (χ0) is 31.0. The number of primary amides is 1. The highest BCUT2D eigenvalue weighted by Crippen LogP contribution is 2.55. The average Bonchev–Trinajstić information content (AvgIpc) is 3.28. The average molecular weight is 635 g/mol. The number of nitrogens with zero attached hydrogens (tertiary/aromatic N) is 2. The summed E-state index contributed by atoms with van der Waals surface area (Å²) in [6.45, 7) is 6.51. The number of hydrogen-bond acceptors (Lipinski definition) is 5. The Bertz CT molecular complexity index is 1290. The summed E-state index contributed by atoms with van der Waals surface area (Å²) in [6.07, 6.45) is -11.6. The van der Waals surface area contributed by atoms with Crippen LogP contribution in [0.5, 0.6) is 0 Å². The Kier molecular flexibility index (Phi) is 9.86. The monoisotopic (exact) mass is 634 g/mol. The van der Waals surface area contributed by atoms with Gasteiger partial charge >= 0.3 is 12.4 Å². The van der Waals surface area contributed by atoms with Crippen molar-refractivity contribution >= 4 is 52.3 Å². The van der Waals surface area contributed by atoms with Crippen molar-refractivity contribution in [1.82, 2.24) is 15.2 Å². The zero-order valence-electron chi connectivity index (χ0n) is 21.9. The number of carbonyl (C=O) groups is 3. The molecule has 1 aromatic heterocycles. The molecule has 3 N–H and O–H groups in total. The van der Waals surface area contributed by atoms with E-state index in [0.29, 0.717) is 17.4 Å². The summed E-state index contributed by atoms with van der Waals surface area (Å²) in [5, 5.41) is 0.467. The lowest BCUT2D eigenvalue weighted by atomic mass is 9.80. The van der Waals surface area contributed by atoms with Crippen LogP contribution in [0.4, 0.5) is 26.3 Å². The summed E-state index contributed by atoms with van der Waals surface area (Å²) < 4.78 is 82.2. The molecule has 0 aliphatic carbocycles. The van der Waals surface area contributed by atoms with Gasteiger partial charge in [0.05, 0.1) is 20.3 Å². The van der Waals surface area contributed by atoms with Crippen molar-refractivity contribution < 1.29 is 40.7 Å². The van der Waals surface area contributed by atoms with E-state index in [1.807, 2.05) is 0 Å². The maximum atomic E-state index is 13.7. The first-order valence-electron chi connectivity index (χ1n) is 11.7. The molecule has 2 aromatic rings. The van der Waals surface area contributed by atoms with Gasteiger partial charge in [-0.1, -0.05) is 35.3 Å². The zero-order valence-corrected chi connectivity index (χ0v) is 24.2. The molecule has 7 nitrogen and oxygen atoms in total. The maximum absolute atomic E-state index is 13.7. The lowest BCUT2D eigenvalue weighted by Crippen LogP contribution is -2.51. The van der Waals surface area contributed by atoms with E-state index in [0.717, 1.165) is 6.07 Å². The molecule has 0 aliphatic heterocycles. The number of thiazole rings is 1. The molecule has 0 saturated carbocycles. The summed E-state index contributed by atoms with van der Waals surface area (Å²) >= 11 is 12.9. The van der Waals surface area contributed by atoms with Gasteiger partial charge in [0.25, 0.3) is 11.8 Å². The number of nitrogens with one attached hydrogen (secondary N) is 1. The molecule has 0 spiro atoms. The number of amides is 3. The molecule has 3 amide bonds. The van der Waals surface area contributed by atoms with Gasteiger partial charge in [-0.05, 0) is 40.2 Å². The van der Waals surface area contributed by atoms with Crippen LogP contribution in [0.15, 0.2) is 12.1 Å². The van der Waals surface area contributed by atoms with E-state index in [4.69, 9.17) is 28.9 Å². The molecule has 0 aliphatic rings. The summed E-state index contributed by atoms with van der Waals surface area (Å²) in [5.74, 6) is -2.17. The Labute approximate surface area is 240 Å². The third-order valence-electron chi connectivity index (χ3n) is 6.43. The summed E-state index contributed by atoms with van der Waals surface area (Å²) in [6, 6.07) is 1.40. The SMILES string of the molecule is CCN(CC)C(=O)c1nc(C(=O)NCC(C)(C)C(N)=O)sc1-c1ccc(C(C)(C(F)(F)F)C(F)(F)F)c(Cl)c1Cl. The lowest BCUT2D eigenvalue weighted by Gasteiger charge is -2.35. The van der Waals surface area contributed by atoms with Crippen LogP contribution in [-0.2, 0) is 10.2 Å². The molecule has 1 aromatic carbocycles. The second-order valence-corrected chi connectivity index (χ2v) is 11.3. The van der Waals surface area contributed by atoms with Gasteiger partial charge < -0.3 is 16.0 Å². The highest BCUT2D eigenvalue weighted by atomic mass is 35.5. The predicted molar refractivity (Wildman–Crippen MR) is 140 cm³/mol. The highest BCUT2D eigenvalue weighted by Gasteiger charge is 2.69. The van der Waals surface area contributed by atoms with Crippen LogP contribution in [0.1, 0.15) is 60.5 Å². The van der Waals surface area contributed by atoms with Gasteiger partial charge in [0.2, 0.25) is 5.91 Å². The van der Waals surface area contributed by atoms with Crippen LogP contribution in [0.2, 0.25) is 10.0 Å². The van der Waals surface area contributed by atoms with E-state index in [2.05, 4.69) is 10.3 Å². The van der Waals surface area contributed by atoms with E-state index in [1.165, 1.54) is 18.7 Å². The quantitative estimate of drug-likeness (QED) is 0.319. The minimum atomic E-state index is -5.78. The van der Waals surface area contributed by atoms with E-state index < -0.39 is 56.5 Å². The second-order valence-electron chi connectivity index (χ2n) is 9.51. The molecule has 16 heteroatoms. The number of halogens is 8. The molecular weight excluding hydrogens is 609 g/mol. The number of hydrogen-bond donors (Lipinski definition) is 2. The molecule has 0 unspecified atom stereocenters. The van der Waals surface area contributed by atoms with E-state index >= 15 is 0 Å². The second kappa shape index (κ2) is 11.7. The Morgan fingerprint density at radius 3 is 1.95 bits per heavy atom. The minimum absolute atomic E-state index is 0.0533. The van der Waals surface area contributed by atoms with Gasteiger partial charge in [0.1, 0.15) is 5.69 Å². The van der Waals surface area contributed by atoms with Crippen molar-refractivity contribution in [3.63, 3.8) is 0 Å². The van der Waals surface area contributed by atoms with Gasteiger partial charge in [-0.2, -0.15) is 26.3 Å². The van der Waals surface area contributed by atoms with Crippen LogP contribution in [0.25, 0.3) is 10.4 Å². The van der Waals surface area contributed by atoms with Crippen LogP contribution in [0, 0.1) is 5.41 Å². The number of alkyl halides is 6. The fraction of sp³-hybridized carbons (Fsp3) is 0.500. The molecule has 40 heavy (non-hydrogen) atoms. The fourth-order valence-electron chi connectivity index (χ4n) is 3.45. The van der Waals surface area contributed by atoms with Gasteiger partial charge in [-0.25, -0.2) is 4.98 Å². The largest absolute Gasteiger partial charge is 0.406 e. The first kappa shape index (κ1) is 33.6. The van der Waals surface area contributed by atoms with E-state index in [9.17, 15) is 40.7 Å². The molecule has 0 atom stereocenters. The summed E-state index contributed by atoms with van der Waals surface area (Å²) in [7, 11) is 0. The van der Waals surface area contributed by atoms with Crippen molar-refractivity contribution in [3.8, 4) is 10.4 Å². The van der Waals surface area contributed by atoms with Crippen LogP contribution < -0.4 is 11.1 Å². The highest BCUT2D eigenvalue weighted by molar-refractivity contribution is 7.17. The van der Waals surface area contributed by atoms with Gasteiger partial charge in [-0.3, -0.25) is 14.4 Å². The lowest BCUT2D eigenvalue weighted by molar-refractivity contribution is -0.297. The molecule has 1 heterocycles. The fourth-order valence-corrected chi connectivity index (χ4v) is 5.12. The number of carbonyl (C=O) groups excluding carboxylic acids is 3. The van der Waals surface area contributed by atoms with Crippen molar-refractivity contribution in [3.05, 3.63) is 38.4 Å². The topological polar surface area (TPSA) is 105 Å². The minimum Gasteiger partial charge on any atom is -0.369 e. The molecule has 0 bridgehead atoms. The number of aromatic nitrogens is 1. The first-order valence-corrected chi connectivity index (χ1v) is 13.2. The number of nitrogens with two attached hydrogens (primary N) is 1. The number of benzene rings is 1. The molecule has 0 fully saturated rings. The Balaban J connectivity index is 2.74. The Morgan fingerprint density at radius 2 is 1.50 bits per heavy atom. The maximum Gasteiger partial charge on any atom is 0.406 e. The van der Waals surface area contributed by atoms with Crippen molar-refractivity contribution in [2.45, 2.75) is 52.4 Å². The Morgan fingerprint density at radius 1 is 0.975 bits per heavy atom. The van der Waals surface area contributed by atoms with E-state index in [-0.39, 0.29) is 47.7 Å². The predicted octanol–water partition coefficient (Wildman–Crippen LogP) is 6.22. The number of rotatable bonds is 9. The third-order valence-corrected chi connectivity index (χ3v) is 8.40. The van der Waals surface area contributed by atoms with Gasteiger partial charge in [-0.15, -0.1) is 11.3 Å². The molecular formula is C24H26Cl2F6N4O3S. The van der Waals surface area contributed by atoms with Gasteiger partial charge in [0, 0.05) is 25.2 Å². The van der Waals surface area contributed by atoms with Gasteiger partial charge in [0.15, 0.2) is 10.4 Å². The van der Waals surface area contributed by atoms with Crippen LogP contribution in [-0.4, -0.2) is 59.6 Å². The van der Waals surface area contributed by atoms with E-state index in [1.54, 1.807) is 13.8 Å². The van der Waals surface area contributed by atoms with Crippen LogP contribution >= 0.6 is 34.5 Å². The molecule has 0 radical (unpaired) electrons. The Hall–Kier alpha value is -2.58. The standard InChI is InChI=1S/C24H26Cl2F6N4O3S/c1-6-36(7-2)19(38)15-16(40-18(35-15)17(37)34-10-21(3,4)20(33)39)11-8-9-12(14(26)13(11)25)22(5,23(27,28)29)24(30,31)32/h8-9H,6-7,10H2,1-5H3,(H2,33,39)(H,34,37). The molecule has 0 saturated heterocycles. The van der Waals surface area contributed by atoms with Crippen molar-refractivity contribution in [2.75, 3.05) is 19.6 Å². The van der Waals surface area contributed by atoms with Crippen molar-refractivity contribution in [1.29, 1.82) is 0 Å². The smallest absolute Gasteiger partial charge is 0.369 e. The first-order chi connectivity index (χ1) is 18.2. The molecule has 222 valence electrons. The van der Waals surface area contributed by atoms with Crippen LogP contribution in [0.3, 0.4) is 0 Å². The normalized spacial score (nSPS) is 12.8. The summed E-state index contributed by atoms with van der Waals surface area (Å²) in [5.41, 5.74) is -2.03. The summed E-state index contributed by atoms with van der Waals surface area (Å²) in [4.78, 5) is 43.0. The molecule has 2 rings (SSSR count). The van der Waals surface area contributed by atoms with Crippen molar-refractivity contribution in [2.24, 2.45) is 11.1 Å².